The number of hydrogen-bond donors (Lipinski definition) is 1. The van der Waals surface area contributed by atoms with E-state index in [0.717, 1.165) is 10.7 Å². The molecule has 0 spiro atoms. The number of nitriles is 1. The van der Waals surface area contributed by atoms with E-state index in [2.05, 4.69) is 53.9 Å². The number of anilines is 1. The minimum absolute atomic E-state index is 0.552. The highest BCUT2D eigenvalue weighted by Gasteiger charge is 2.09. The van der Waals surface area contributed by atoms with Crippen LogP contribution in [0.15, 0.2) is 24.3 Å². The van der Waals surface area contributed by atoms with Crippen molar-refractivity contribution < 1.29 is 0 Å². The van der Waals surface area contributed by atoms with Gasteiger partial charge in [-0.15, -0.1) is 0 Å². The van der Waals surface area contributed by atoms with Gasteiger partial charge in [-0.25, -0.2) is 0 Å². The minimum atomic E-state index is 0.552. The monoisotopic (exact) mass is 271 g/mol. The third-order valence-corrected chi connectivity index (χ3v) is 3.97. The predicted octanol–water partition coefficient (Wildman–Crippen LogP) is 4.06. The molecule has 0 radical (unpaired) electrons. The van der Waals surface area contributed by atoms with Gasteiger partial charge in [-0.1, -0.05) is 38.1 Å². The molecular weight excluding hydrogens is 254 g/mol. The highest BCUT2D eigenvalue weighted by Crippen LogP contribution is 2.24. The van der Waals surface area contributed by atoms with E-state index in [9.17, 15) is 0 Å². The Kier molecular flexibility index (Phi) is 4.18. The molecule has 0 saturated heterocycles. The molecule has 1 aromatic heterocycles. The molecule has 2 aromatic rings. The molecule has 0 aliphatic carbocycles. The Balaban J connectivity index is 2.04. The zero-order valence-electron chi connectivity index (χ0n) is 11.4. The first kappa shape index (κ1) is 13.6. The topological polar surface area (TPSA) is 48.7 Å². The number of nitrogens with one attached hydrogen (secondary N) is 1. The van der Waals surface area contributed by atoms with Crippen LogP contribution in [0.1, 0.15) is 42.1 Å². The molecule has 4 heteroatoms. The smallest absolute Gasteiger partial charge is 0.127 e. The lowest BCUT2D eigenvalue weighted by Crippen LogP contribution is -1.99. The van der Waals surface area contributed by atoms with Gasteiger partial charge < -0.3 is 5.32 Å². The quantitative estimate of drug-likeness (QED) is 0.912. The van der Waals surface area contributed by atoms with Crippen molar-refractivity contribution >= 4 is 16.5 Å². The summed E-state index contributed by atoms with van der Waals surface area (Å²) in [6.07, 6.45) is 0. The van der Waals surface area contributed by atoms with E-state index in [4.69, 9.17) is 5.26 Å². The van der Waals surface area contributed by atoms with Gasteiger partial charge in [0.2, 0.25) is 0 Å². The van der Waals surface area contributed by atoms with E-state index in [1.807, 2.05) is 6.92 Å². The Bertz CT molecular complexity index is 591. The molecular formula is C15H17N3S. The van der Waals surface area contributed by atoms with Gasteiger partial charge in [0.25, 0.3) is 0 Å². The van der Waals surface area contributed by atoms with Gasteiger partial charge in [0, 0.05) is 6.54 Å². The van der Waals surface area contributed by atoms with E-state index in [0.29, 0.717) is 18.0 Å². The highest BCUT2D eigenvalue weighted by molar-refractivity contribution is 7.10. The van der Waals surface area contributed by atoms with Crippen LogP contribution in [0.25, 0.3) is 0 Å². The van der Waals surface area contributed by atoms with Gasteiger partial charge in [-0.3, -0.25) is 0 Å². The van der Waals surface area contributed by atoms with Crippen molar-refractivity contribution in [2.45, 2.75) is 33.2 Å². The summed E-state index contributed by atoms with van der Waals surface area (Å²) in [4.78, 5) is 0. The average Bonchev–Trinajstić information content (AvgIpc) is 2.77. The van der Waals surface area contributed by atoms with Crippen LogP contribution in [-0.4, -0.2) is 4.37 Å². The first-order valence-electron chi connectivity index (χ1n) is 6.31. The Labute approximate surface area is 118 Å². The fourth-order valence-electron chi connectivity index (χ4n) is 1.82. The van der Waals surface area contributed by atoms with E-state index in [-0.39, 0.29) is 0 Å². The van der Waals surface area contributed by atoms with Crippen molar-refractivity contribution in [1.29, 1.82) is 5.26 Å². The molecule has 2 rings (SSSR count). The van der Waals surface area contributed by atoms with Crippen LogP contribution in [0.5, 0.6) is 0 Å². The summed E-state index contributed by atoms with van der Waals surface area (Å²) in [7, 11) is 0. The maximum atomic E-state index is 9.06. The number of aromatic nitrogens is 1. The average molecular weight is 271 g/mol. The number of benzene rings is 1. The largest absolute Gasteiger partial charge is 0.370 e. The molecule has 0 amide bonds. The fraction of sp³-hybridized carbons (Fsp3) is 0.333. The molecule has 1 heterocycles. The molecule has 19 heavy (non-hydrogen) atoms. The summed E-state index contributed by atoms with van der Waals surface area (Å²) in [5, 5.41) is 13.2. The summed E-state index contributed by atoms with van der Waals surface area (Å²) >= 11 is 1.34. The van der Waals surface area contributed by atoms with E-state index >= 15 is 0 Å². The third-order valence-electron chi connectivity index (χ3n) is 3.07. The Morgan fingerprint density at radius 3 is 2.58 bits per heavy atom. The molecule has 98 valence electrons. The fourth-order valence-corrected chi connectivity index (χ4v) is 2.57. The first-order valence-corrected chi connectivity index (χ1v) is 7.08. The molecule has 0 fully saturated rings. The molecule has 3 nitrogen and oxygen atoms in total. The van der Waals surface area contributed by atoms with E-state index in [1.165, 1.54) is 22.7 Å². The molecule has 1 aromatic carbocycles. The van der Waals surface area contributed by atoms with Crippen LogP contribution in [0.4, 0.5) is 5.00 Å². The van der Waals surface area contributed by atoms with Gasteiger partial charge >= 0.3 is 0 Å². The zero-order chi connectivity index (χ0) is 13.8. The van der Waals surface area contributed by atoms with Crippen LogP contribution in [-0.2, 0) is 6.54 Å². The summed E-state index contributed by atoms with van der Waals surface area (Å²) in [5.41, 5.74) is 4.00. The van der Waals surface area contributed by atoms with Crippen molar-refractivity contribution in [3.05, 3.63) is 46.6 Å². The Morgan fingerprint density at radius 2 is 2.00 bits per heavy atom. The second kappa shape index (κ2) is 5.85. The predicted molar refractivity (Wildman–Crippen MR) is 79.4 cm³/mol. The van der Waals surface area contributed by atoms with Crippen molar-refractivity contribution in [1.82, 2.24) is 4.37 Å². The Morgan fingerprint density at radius 1 is 1.32 bits per heavy atom. The SMILES string of the molecule is Cc1nsc(NCc2ccc(C(C)C)cc2)c1C#N. The molecule has 0 saturated carbocycles. The van der Waals surface area contributed by atoms with Crippen LogP contribution in [0.2, 0.25) is 0 Å². The second-order valence-corrected chi connectivity index (χ2v) is 5.61. The molecule has 0 unspecified atom stereocenters. The number of aryl methyl sites for hydroxylation is 1. The van der Waals surface area contributed by atoms with E-state index in [1.54, 1.807) is 0 Å². The standard InChI is InChI=1S/C15H17N3S/c1-10(2)13-6-4-12(5-7-13)9-17-15-14(8-16)11(3)18-19-15/h4-7,10,17H,9H2,1-3H3. The summed E-state index contributed by atoms with van der Waals surface area (Å²) < 4.78 is 4.19. The van der Waals surface area contributed by atoms with Gasteiger partial charge in [0.1, 0.15) is 16.6 Å². The minimum Gasteiger partial charge on any atom is -0.370 e. The maximum Gasteiger partial charge on any atom is 0.127 e. The lowest BCUT2D eigenvalue weighted by molar-refractivity contribution is 0.865. The highest BCUT2D eigenvalue weighted by atomic mass is 32.1. The normalized spacial score (nSPS) is 10.5. The Hall–Kier alpha value is -1.86. The van der Waals surface area contributed by atoms with Crippen molar-refractivity contribution in [3.63, 3.8) is 0 Å². The lowest BCUT2D eigenvalue weighted by atomic mass is 10.0. The maximum absolute atomic E-state index is 9.06. The third kappa shape index (κ3) is 3.12. The molecule has 0 aliphatic heterocycles. The van der Waals surface area contributed by atoms with Crippen LogP contribution in [0, 0.1) is 18.3 Å². The first-order chi connectivity index (χ1) is 9.11. The molecule has 1 N–H and O–H groups in total. The second-order valence-electron chi connectivity index (χ2n) is 4.83. The lowest BCUT2D eigenvalue weighted by Gasteiger charge is -2.08. The van der Waals surface area contributed by atoms with Crippen molar-refractivity contribution in [2.75, 3.05) is 5.32 Å². The van der Waals surface area contributed by atoms with Crippen LogP contribution in [0.3, 0.4) is 0 Å². The van der Waals surface area contributed by atoms with Crippen molar-refractivity contribution in [2.24, 2.45) is 0 Å². The summed E-state index contributed by atoms with van der Waals surface area (Å²) in [6, 6.07) is 10.8. The number of hydrogen-bond acceptors (Lipinski definition) is 4. The van der Waals surface area contributed by atoms with Crippen molar-refractivity contribution in [3.8, 4) is 6.07 Å². The van der Waals surface area contributed by atoms with Gasteiger partial charge in [-0.05, 0) is 35.5 Å². The van der Waals surface area contributed by atoms with Crippen LogP contribution >= 0.6 is 11.5 Å². The summed E-state index contributed by atoms with van der Waals surface area (Å²) in [5.74, 6) is 0.552. The van der Waals surface area contributed by atoms with Gasteiger partial charge in [0.15, 0.2) is 0 Å². The molecule has 0 aliphatic rings. The summed E-state index contributed by atoms with van der Waals surface area (Å²) in [6.45, 7) is 6.95. The van der Waals surface area contributed by atoms with Gasteiger partial charge in [0.05, 0.1) is 5.69 Å². The molecule has 0 atom stereocenters. The van der Waals surface area contributed by atoms with E-state index < -0.39 is 0 Å². The number of rotatable bonds is 4. The van der Waals surface area contributed by atoms with Crippen LogP contribution < -0.4 is 5.32 Å². The zero-order valence-corrected chi connectivity index (χ0v) is 12.2. The molecule has 0 bridgehead atoms. The van der Waals surface area contributed by atoms with Gasteiger partial charge in [-0.2, -0.15) is 9.64 Å². The number of nitrogens with zero attached hydrogens (tertiary/aromatic N) is 2.